The molecule has 0 unspecified atom stereocenters. The van der Waals surface area contributed by atoms with Crippen LogP contribution in [0.3, 0.4) is 0 Å². The number of para-hydroxylation sites is 1. The molecule has 5 heteroatoms. The molecule has 2 aromatic carbocycles. The lowest BCUT2D eigenvalue weighted by Crippen LogP contribution is -2.11. The number of benzene rings is 2. The Morgan fingerprint density at radius 1 is 1.13 bits per heavy atom. The van der Waals surface area contributed by atoms with Crippen LogP contribution in [0.4, 0.5) is 5.69 Å². The summed E-state index contributed by atoms with van der Waals surface area (Å²) in [6.45, 7) is 1.94. The first kappa shape index (κ1) is 14.1. The molecule has 0 radical (unpaired) electrons. The van der Waals surface area contributed by atoms with Crippen LogP contribution in [0.15, 0.2) is 57.4 Å². The number of anilines is 1. The van der Waals surface area contributed by atoms with E-state index in [9.17, 15) is 4.79 Å². The maximum atomic E-state index is 12.6. The smallest absolute Gasteiger partial charge is 0.291 e. The first-order chi connectivity index (χ1) is 11.1. The van der Waals surface area contributed by atoms with Gasteiger partial charge in [-0.25, -0.2) is 0 Å². The second-order valence-corrected chi connectivity index (χ2v) is 6.24. The van der Waals surface area contributed by atoms with Gasteiger partial charge >= 0.3 is 0 Å². The third-order valence-electron chi connectivity index (χ3n) is 3.86. The van der Waals surface area contributed by atoms with Crippen LogP contribution in [0.2, 0.25) is 0 Å². The van der Waals surface area contributed by atoms with Crippen molar-refractivity contribution < 1.29 is 9.21 Å². The third kappa shape index (κ3) is 2.33. The molecule has 0 aliphatic rings. The second-order valence-electron chi connectivity index (χ2n) is 5.39. The summed E-state index contributed by atoms with van der Waals surface area (Å²) in [5, 5.41) is 4.82. The fraction of sp³-hybridized carbons (Fsp3) is 0.0556. The summed E-state index contributed by atoms with van der Waals surface area (Å²) in [4.78, 5) is 15.8. The Morgan fingerprint density at radius 2 is 1.96 bits per heavy atom. The highest BCUT2D eigenvalue weighted by molar-refractivity contribution is 9.10. The van der Waals surface area contributed by atoms with E-state index in [0.717, 1.165) is 32.1 Å². The molecule has 1 amide bonds. The molecule has 0 saturated heterocycles. The number of H-pyrrole nitrogens is 1. The third-order valence-corrected chi connectivity index (χ3v) is 4.56. The largest absolute Gasteiger partial charge is 0.451 e. The van der Waals surface area contributed by atoms with Gasteiger partial charge in [-0.1, -0.05) is 40.2 Å². The Balaban J connectivity index is 1.73. The van der Waals surface area contributed by atoms with Crippen LogP contribution in [0.5, 0.6) is 0 Å². The van der Waals surface area contributed by atoms with Crippen molar-refractivity contribution in [3.05, 3.63) is 64.5 Å². The van der Waals surface area contributed by atoms with Gasteiger partial charge in [0.25, 0.3) is 5.91 Å². The number of furan rings is 1. The number of aromatic nitrogens is 1. The standard InChI is InChI=1S/C18H13BrN2O2/c1-10-17(11-5-2-3-7-14(11)20-10)21-18(22)16-9-12-13(19)6-4-8-15(12)23-16/h2-9,20H,1H3,(H,21,22). The van der Waals surface area contributed by atoms with Crippen LogP contribution >= 0.6 is 15.9 Å². The van der Waals surface area contributed by atoms with Crippen molar-refractivity contribution in [1.29, 1.82) is 0 Å². The van der Waals surface area contributed by atoms with Gasteiger partial charge in [-0.15, -0.1) is 0 Å². The van der Waals surface area contributed by atoms with E-state index in [2.05, 4.69) is 26.2 Å². The maximum absolute atomic E-state index is 12.6. The molecule has 0 bridgehead atoms. The fourth-order valence-corrected chi connectivity index (χ4v) is 3.21. The number of aromatic amines is 1. The van der Waals surface area contributed by atoms with Crippen LogP contribution < -0.4 is 5.32 Å². The molecule has 0 aliphatic heterocycles. The zero-order valence-corrected chi connectivity index (χ0v) is 13.9. The zero-order valence-electron chi connectivity index (χ0n) is 12.3. The summed E-state index contributed by atoms with van der Waals surface area (Å²) >= 11 is 3.47. The summed E-state index contributed by atoms with van der Waals surface area (Å²) < 4.78 is 6.56. The molecule has 4 aromatic rings. The SMILES string of the molecule is Cc1[nH]c2ccccc2c1NC(=O)c1cc2c(Br)cccc2o1. The number of fused-ring (bicyclic) bond motifs is 2. The number of carbonyl (C=O) groups is 1. The van der Waals surface area contributed by atoms with E-state index >= 15 is 0 Å². The monoisotopic (exact) mass is 368 g/mol. The lowest BCUT2D eigenvalue weighted by atomic mass is 10.2. The average molecular weight is 369 g/mol. The van der Waals surface area contributed by atoms with Crippen molar-refractivity contribution in [2.45, 2.75) is 6.92 Å². The summed E-state index contributed by atoms with van der Waals surface area (Å²) in [5.41, 5.74) is 3.37. The fourth-order valence-electron chi connectivity index (χ4n) is 2.75. The van der Waals surface area contributed by atoms with E-state index in [1.165, 1.54) is 0 Å². The maximum Gasteiger partial charge on any atom is 0.291 e. The Labute approximate surface area is 140 Å². The molecule has 0 spiro atoms. The Morgan fingerprint density at radius 3 is 2.78 bits per heavy atom. The number of nitrogens with one attached hydrogen (secondary N) is 2. The van der Waals surface area contributed by atoms with Gasteiger partial charge in [0.2, 0.25) is 0 Å². The van der Waals surface area contributed by atoms with Crippen molar-refractivity contribution >= 4 is 49.4 Å². The minimum absolute atomic E-state index is 0.263. The van der Waals surface area contributed by atoms with E-state index in [-0.39, 0.29) is 11.7 Å². The minimum atomic E-state index is -0.263. The van der Waals surface area contributed by atoms with E-state index in [1.54, 1.807) is 6.07 Å². The van der Waals surface area contributed by atoms with Gasteiger partial charge in [-0.05, 0) is 31.2 Å². The molecule has 0 atom stereocenters. The number of carbonyl (C=O) groups excluding carboxylic acids is 1. The van der Waals surface area contributed by atoms with Crippen molar-refractivity contribution in [2.24, 2.45) is 0 Å². The van der Waals surface area contributed by atoms with E-state index in [1.807, 2.05) is 49.4 Å². The molecule has 2 N–H and O–H groups in total. The molecular weight excluding hydrogens is 356 g/mol. The number of hydrogen-bond donors (Lipinski definition) is 2. The molecule has 23 heavy (non-hydrogen) atoms. The molecule has 114 valence electrons. The molecule has 2 heterocycles. The highest BCUT2D eigenvalue weighted by atomic mass is 79.9. The van der Waals surface area contributed by atoms with Gasteiger partial charge in [0.05, 0.1) is 5.69 Å². The number of aryl methyl sites for hydroxylation is 1. The van der Waals surface area contributed by atoms with Crippen LogP contribution in [0, 0.1) is 6.92 Å². The molecule has 0 fully saturated rings. The number of amides is 1. The molecule has 2 aromatic heterocycles. The molecule has 0 saturated carbocycles. The predicted molar refractivity (Wildman–Crippen MR) is 94.9 cm³/mol. The van der Waals surface area contributed by atoms with Gasteiger partial charge in [0.1, 0.15) is 5.58 Å². The molecule has 4 rings (SSSR count). The quantitative estimate of drug-likeness (QED) is 0.508. The highest BCUT2D eigenvalue weighted by Crippen LogP contribution is 2.30. The van der Waals surface area contributed by atoms with Gasteiger partial charge < -0.3 is 14.7 Å². The summed E-state index contributed by atoms with van der Waals surface area (Å²) in [7, 11) is 0. The van der Waals surface area contributed by atoms with Gasteiger partial charge in [-0.2, -0.15) is 0 Å². The second kappa shape index (κ2) is 5.28. The molecular formula is C18H13BrN2O2. The van der Waals surface area contributed by atoms with Crippen LogP contribution in [-0.2, 0) is 0 Å². The van der Waals surface area contributed by atoms with Gasteiger partial charge in [0, 0.05) is 26.5 Å². The Bertz CT molecular complexity index is 1050. The van der Waals surface area contributed by atoms with Crippen LogP contribution in [-0.4, -0.2) is 10.9 Å². The summed E-state index contributed by atoms with van der Waals surface area (Å²) in [6, 6.07) is 15.3. The van der Waals surface area contributed by atoms with E-state index in [4.69, 9.17) is 4.42 Å². The molecule has 0 aliphatic carbocycles. The van der Waals surface area contributed by atoms with Crippen molar-refractivity contribution in [2.75, 3.05) is 5.32 Å². The average Bonchev–Trinajstić information content (AvgIpc) is 3.10. The van der Waals surface area contributed by atoms with Gasteiger partial charge in [-0.3, -0.25) is 4.79 Å². The minimum Gasteiger partial charge on any atom is -0.451 e. The summed E-state index contributed by atoms with van der Waals surface area (Å²) in [5.74, 6) is 0.0255. The lowest BCUT2D eigenvalue weighted by Gasteiger charge is -2.03. The van der Waals surface area contributed by atoms with E-state index in [0.29, 0.717) is 5.58 Å². The predicted octanol–water partition coefficient (Wildman–Crippen LogP) is 5.24. The topological polar surface area (TPSA) is 58.0 Å². The Kier molecular flexibility index (Phi) is 3.23. The van der Waals surface area contributed by atoms with Gasteiger partial charge in [0.15, 0.2) is 5.76 Å². The highest BCUT2D eigenvalue weighted by Gasteiger charge is 2.17. The normalized spacial score (nSPS) is 11.2. The van der Waals surface area contributed by atoms with Crippen LogP contribution in [0.1, 0.15) is 16.2 Å². The number of hydrogen-bond acceptors (Lipinski definition) is 2. The number of halogens is 1. The van der Waals surface area contributed by atoms with Crippen molar-refractivity contribution in [3.63, 3.8) is 0 Å². The summed E-state index contributed by atoms with van der Waals surface area (Å²) in [6.07, 6.45) is 0. The Hall–Kier alpha value is -2.53. The molecule has 4 nitrogen and oxygen atoms in total. The zero-order chi connectivity index (χ0) is 16.0. The first-order valence-corrected chi connectivity index (χ1v) is 7.99. The lowest BCUT2D eigenvalue weighted by molar-refractivity contribution is 0.0998. The van der Waals surface area contributed by atoms with Crippen molar-refractivity contribution in [1.82, 2.24) is 4.98 Å². The van der Waals surface area contributed by atoms with Crippen molar-refractivity contribution in [3.8, 4) is 0 Å². The number of rotatable bonds is 2. The van der Waals surface area contributed by atoms with E-state index < -0.39 is 0 Å². The first-order valence-electron chi connectivity index (χ1n) is 7.20. The van der Waals surface area contributed by atoms with Crippen LogP contribution in [0.25, 0.3) is 21.9 Å².